The largest absolute Gasteiger partial charge is 0.326 e. The first kappa shape index (κ1) is 14.7. The number of nitrogens with one attached hydrogen (secondary N) is 1. The maximum Gasteiger partial charge on any atom is 0.238 e. The number of carbonyl (C=O) groups is 1. The maximum absolute atomic E-state index is 12.1. The summed E-state index contributed by atoms with van der Waals surface area (Å²) in [6.45, 7) is 1.74. The zero-order valence-electron chi connectivity index (χ0n) is 11.3. The standard InChI is InChI=1S/C14H18N2O3S/c1-10-9-12(20(15,18)19)7-8-13(10)16-14(17)11-5-3-2-4-6-11/h2-3,7-9,11H,4-6H2,1H3,(H,16,17)(H2,15,18,19). The van der Waals surface area contributed by atoms with Gasteiger partial charge in [0.2, 0.25) is 15.9 Å². The fraction of sp³-hybridized carbons (Fsp3) is 0.357. The van der Waals surface area contributed by atoms with Crippen molar-refractivity contribution in [1.29, 1.82) is 0 Å². The lowest BCUT2D eigenvalue weighted by Gasteiger charge is -2.18. The van der Waals surface area contributed by atoms with Crippen molar-refractivity contribution in [2.45, 2.75) is 31.1 Å². The molecule has 5 nitrogen and oxygen atoms in total. The van der Waals surface area contributed by atoms with Gasteiger partial charge in [-0.15, -0.1) is 0 Å². The molecule has 0 saturated heterocycles. The Hall–Kier alpha value is -1.66. The van der Waals surface area contributed by atoms with Crippen LogP contribution in [0.1, 0.15) is 24.8 Å². The molecule has 1 aromatic rings. The third-order valence-corrected chi connectivity index (χ3v) is 4.34. The summed E-state index contributed by atoms with van der Waals surface area (Å²) in [7, 11) is -3.71. The van der Waals surface area contributed by atoms with Crippen molar-refractivity contribution in [1.82, 2.24) is 0 Å². The van der Waals surface area contributed by atoms with Crippen LogP contribution in [0.5, 0.6) is 0 Å². The number of amides is 1. The van der Waals surface area contributed by atoms with Gasteiger partial charge >= 0.3 is 0 Å². The van der Waals surface area contributed by atoms with Crippen LogP contribution in [0.2, 0.25) is 0 Å². The second kappa shape index (κ2) is 5.76. The Morgan fingerprint density at radius 3 is 2.65 bits per heavy atom. The van der Waals surface area contributed by atoms with Crippen LogP contribution in [0.15, 0.2) is 35.2 Å². The molecule has 0 aromatic heterocycles. The van der Waals surface area contributed by atoms with Crippen LogP contribution in [0.4, 0.5) is 5.69 Å². The van der Waals surface area contributed by atoms with Gasteiger partial charge < -0.3 is 5.32 Å². The van der Waals surface area contributed by atoms with E-state index in [0.29, 0.717) is 11.3 Å². The van der Waals surface area contributed by atoms with E-state index >= 15 is 0 Å². The molecule has 0 spiro atoms. The monoisotopic (exact) mass is 294 g/mol. The zero-order valence-corrected chi connectivity index (χ0v) is 12.1. The predicted molar refractivity (Wildman–Crippen MR) is 77.7 cm³/mol. The summed E-state index contributed by atoms with van der Waals surface area (Å²) >= 11 is 0. The van der Waals surface area contributed by atoms with Gasteiger partial charge in [-0.05, 0) is 49.9 Å². The van der Waals surface area contributed by atoms with E-state index in [0.717, 1.165) is 19.3 Å². The fourth-order valence-corrected chi connectivity index (χ4v) is 2.82. The van der Waals surface area contributed by atoms with Gasteiger partial charge in [-0.3, -0.25) is 4.79 Å². The highest BCUT2D eigenvalue weighted by Crippen LogP contribution is 2.23. The zero-order chi connectivity index (χ0) is 14.8. The van der Waals surface area contributed by atoms with Crippen LogP contribution in [0.3, 0.4) is 0 Å². The van der Waals surface area contributed by atoms with Gasteiger partial charge in [0.1, 0.15) is 0 Å². The highest BCUT2D eigenvalue weighted by atomic mass is 32.2. The Morgan fingerprint density at radius 2 is 2.10 bits per heavy atom. The summed E-state index contributed by atoms with van der Waals surface area (Å²) in [5.74, 6) is -0.0434. The van der Waals surface area contributed by atoms with E-state index in [-0.39, 0.29) is 16.7 Å². The minimum Gasteiger partial charge on any atom is -0.326 e. The van der Waals surface area contributed by atoms with E-state index in [2.05, 4.69) is 11.4 Å². The molecule has 6 heteroatoms. The van der Waals surface area contributed by atoms with Crippen molar-refractivity contribution in [2.24, 2.45) is 11.1 Å². The average Bonchev–Trinajstić information content (AvgIpc) is 2.41. The maximum atomic E-state index is 12.1. The van der Waals surface area contributed by atoms with Crippen LogP contribution in [0.25, 0.3) is 0 Å². The number of hydrogen-bond donors (Lipinski definition) is 2. The molecule has 0 radical (unpaired) electrons. The van der Waals surface area contributed by atoms with Gasteiger partial charge in [0.25, 0.3) is 0 Å². The van der Waals surface area contributed by atoms with Gasteiger partial charge in [-0.1, -0.05) is 12.2 Å². The number of anilines is 1. The van der Waals surface area contributed by atoms with Crippen molar-refractivity contribution < 1.29 is 13.2 Å². The molecule has 20 heavy (non-hydrogen) atoms. The smallest absolute Gasteiger partial charge is 0.238 e. The minimum atomic E-state index is -3.71. The number of allylic oxidation sites excluding steroid dienone is 2. The van der Waals surface area contributed by atoms with Crippen LogP contribution in [-0.4, -0.2) is 14.3 Å². The SMILES string of the molecule is Cc1cc(S(N)(=O)=O)ccc1NC(=O)C1CC=CCC1. The minimum absolute atomic E-state index is 0.0164. The van der Waals surface area contributed by atoms with E-state index in [9.17, 15) is 13.2 Å². The van der Waals surface area contributed by atoms with Crippen molar-refractivity contribution in [2.75, 3.05) is 5.32 Å². The summed E-state index contributed by atoms with van der Waals surface area (Å²) in [5.41, 5.74) is 1.30. The van der Waals surface area contributed by atoms with Crippen LogP contribution >= 0.6 is 0 Å². The number of carbonyl (C=O) groups excluding carboxylic acids is 1. The number of sulfonamides is 1. The molecule has 1 unspecified atom stereocenters. The molecule has 0 saturated carbocycles. The third-order valence-electron chi connectivity index (χ3n) is 3.42. The number of benzene rings is 1. The fourth-order valence-electron chi connectivity index (χ4n) is 2.22. The third kappa shape index (κ3) is 3.46. The summed E-state index contributed by atoms with van der Waals surface area (Å²) < 4.78 is 22.5. The molecular weight excluding hydrogens is 276 g/mol. The lowest BCUT2D eigenvalue weighted by molar-refractivity contribution is -0.120. The number of nitrogens with two attached hydrogens (primary N) is 1. The number of aryl methyl sites for hydroxylation is 1. The highest BCUT2D eigenvalue weighted by Gasteiger charge is 2.19. The lowest BCUT2D eigenvalue weighted by atomic mass is 9.93. The molecule has 1 aliphatic carbocycles. The topological polar surface area (TPSA) is 89.3 Å². The molecule has 0 bridgehead atoms. The Bertz CT molecular complexity index is 650. The van der Waals surface area contributed by atoms with Gasteiger partial charge in [0.05, 0.1) is 4.90 Å². The Kier molecular flexibility index (Phi) is 4.25. The summed E-state index contributed by atoms with van der Waals surface area (Å²) in [6, 6.07) is 4.44. The number of primary sulfonamides is 1. The van der Waals surface area contributed by atoms with Crippen molar-refractivity contribution >= 4 is 21.6 Å². The first-order valence-electron chi connectivity index (χ1n) is 6.47. The van der Waals surface area contributed by atoms with Crippen molar-refractivity contribution in [3.8, 4) is 0 Å². The molecule has 0 aliphatic heterocycles. The molecule has 1 atom stereocenters. The molecule has 3 N–H and O–H groups in total. The molecule has 108 valence electrons. The Balaban J connectivity index is 2.14. The Labute approximate surface area is 118 Å². The average molecular weight is 294 g/mol. The second-order valence-electron chi connectivity index (χ2n) is 4.99. The summed E-state index contributed by atoms with van der Waals surface area (Å²) in [4.78, 5) is 12.2. The van der Waals surface area contributed by atoms with E-state index in [1.165, 1.54) is 12.1 Å². The number of hydrogen-bond acceptors (Lipinski definition) is 3. The second-order valence-corrected chi connectivity index (χ2v) is 6.55. The summed E-state index contributed by atoms with van der Waals surface area (Å²) in [5, 5.41) is 7.92. The highest BCUT2D eigenvalue weighted by molar-refractivity contribution is 7.89. The molecule has 2 rings (SSSR count). The molecule has 0 heterocycles. The van der Waals surface area contributed by atoms with Crippen LogP contribution in [0, 0.1) is 12.8 Å². The molecule has 0 fully saturated rings. The molecule has 1 aliphatic rings. The normalized spacial score (nSPS) is 18.8. The van der Waals surface area contributed by atoms with Crippen LogP contribution in [-0.2, 0) is 14.8 Å². The molecular formula is C14H18N2O3S. The molecule has 1 aromatic carbocycles. The van der Waals surface area contributed by atoms with Gasteiger partial charge in [0.15, 0.2) is 0 Å². The first-order chi connectivity index (χ1) is 9.38. The van der Waals surface area contributed by atoms with E-state index in [1.807, 2.05) is 6.08 Å². The van der Waals surface area contributed by atoms with Gasteiger partial charge in [-0.2, -0.15) is 0 Å². The summed E-state index contributed by atoms with van der Waals surface area (Å²) in [6.07, 6.45) is 6.61. The lowest BCUT2D eigenvalue weighted by Crippen LogP contribution is -2.24. The predicted octanol–water partition coefficient (Wildman–Crippen LogP) is 1.94. The quantitative estimate of drug-likeness (QED) is 0.835. The van der Waals surface area contributed by atoms with E-state index < -0.39 is 10.0 Å². The first-order valence-corrected chi connectivity index (χ1v) is 8.02. The van der Waals surface area contributed by atoms with E-state index in [1.54, 1.807) is 13.0 Å². The molecule has 1 amide bonds. The Morgan fingerprint density at radius 1 is 1.35 bits per heavy atom. The van der Waals surface area contributed by atoms with Gasteiger partial charge in [-0.25, -0.2) is 13.6 Å². The van der Waals surface area contributed by atoms with Crippen molar-refractivity contribution in [3.05, 3.63) is 35.9 Å². The van der Waals surface area contributed by atoms with E-state index in [4.69, 9.17) is 5.14 Å². The van der Waals surface area contributed by atoms with Crippen LogP contribution < -0.4 is 10.5 Å². The van der Waals surface area contributed by atoms with Crippen molar-refractivity contribution in [3.63, 3.8) is 0 Å². The van der Waals surface area contributed by atoms with Gasteiger partial charge in [0, 0.05) is 11.6 Å². The number of rotatable bonds is 3.